The number of nitrogens with two attached hydrogens (primary N) is 1. The highest BCUT2D eigenvalue weighted by Crippen LogP contribution is 2.24. The lowest BCUT2D eigenvalue weighted by molar-refractivity contribution is 0.1000. The van der Waals surface area contributed by atoms with Gasteiger partial charge >= 0.3 is 6.09 Å². The molecule has 0 aliphatic heterocycles. The van der Waals surface area contributed by atoms with Crippen LogP contribution in [0.25, 0.3) is 11.1 Å². The van der Waals surface area contributed by atoms with E-state index in [0.717, 1.165) is 24.0 Å². The molecule has 0 saturated heterocycles. The molecular weight excluding hydrogens is 448 g/mol. The summed E-state index contributed by atoms with van der Waals surface area (Å²) in [5, 5.41) is 2.83. The minimum absolute atomic E-state index is 0.441. The van der Waals surface area contributed by atoms with Crippen LogP contribution in [0.4, 0.5) is 4.79 Å². The Morgan fingerprint density at radius 2 is 1.36 bits per heavy atom. The maximum absolute atomic E-state index is 12.1. The molecule has 2 amide bonds. The van der Waals surface area contributed by atoms with E-state index >= 15 is 0 Å². The summed E-state index contributed by atoms with van der Waals surface area (Å²) in [5.74, 6) is -0.0155. The molecule has 0 saturated carbocycles. The van der Waals surface area contributed by atoms with Crippen molar-refractivity contribution < 1.29 is 14.3 Å². The third-order valence-electron chi connectivity index (χ3n) is 6.23. The van der Waals surface area contributed by atoms with Gasteiger partial charge in [-0.05, 0) is 67.5 Å². The molecule has 36 heavy (non-hydrogen) atoms. The smallest absolute Gasteiger partial charge is 0.410 e. The minimum atomic E-state index is -0.473. The van der Waals surface area contributed by atoms with Crippen molar-refractivity contribution in [2.24, 2.45) is 5.73 Å². The fraction of sp³-hybridized carbons (Fsp3) is 0.484. The average molecular weight is 493 g/mol. The van der Waals surface area contributed by atoms with Crippen molar-refractivity contribution in [3.05, 3.63) is 66.2 Å². The number of benzene rings is 2. The standard InChI is InChI=1S/C31H44N2O3/c1-2-3-4-5-6-7-8-9-10-11-12-13-14-15-16-23-33-31(35)36-29-22-18-20-27(25-29)26-19-17-21-28(24-26)30(32)34/h9-10,17-22,24-25H,2-8,11-16,23H2,1H3,(H2,32,34)(H,33,35)/b10-9-. The SMILES string of the molecule is CCCCCCCC/C=C\CCCCCCCNC(=O)Oc1cccc(-c2cccc(C(N)=O)c2)c1. The first-order valence-electron chi connectivity index (χ1n) is 13.7. The highest BCUT2D eigenvalue weighted by Gasteiger charge is 2.07. The molecule has 5 nitrogen and oxygen atoms in total. The molecule has 0 aliphatic rings. The Balaban J connectivity index is 1.53. The molecule has 0 aliphatic carbocycles. The zero-order valence-electron chi connectivity index (χ0n) is 22.0. The first-order chi connectivity index (χ1) is 17.6. The number of carbonyl (C=O) groups is 2. The third kappa shape index (κ3) is 12.6. The number of hydrogen-bond donors (Lipinski definition) is 2. The zero-order chi connectivity index (χ0) is 25.8. The Kier molecular flexibility index (Phi) is 14.8. The largest absolute Gasteiger partial charge is 0.412 e. The monoisotopic (exact) mass is 492 g/mol. The molecule has 0 spiro atoms. The van der Waals surface area contributed by atoms with Gasteiger partial charge in [-0.15, -0.1) is 0 Å². The molecule has 0 heterocycles. The highest BCUT2D eigenvalue weighted by atomic mass is 16.6. The molecular formula is C31H44N2O3. The number of nitrogens with one attached hydrogen (secondary N) is 1. The molecule has 3 N–H and O–H groups in total. The van der Waals surface area contributed by atoms with E-state index in [4.69, 9.17) is 10.5 Å². The molecule has 0 bridgehead atoms. The van der Waals surface area contributed by atoms with Gasteiger partial charge in [0.2, 0.25) is 5.91 Å². The lowest BCUT2D eigenvalue weighted by Crippen LogP contribution is -2.27. The predicted molar refractivity (Wildman–Crippen MR) is 149 cm³/mol. The van der Waals surface area contributed by atoms with Crippen molar-refractivity contribution in [1.29, 1.82) is 0 Å². The first-order valence-corrected chi connectivity index (χ1v) is 13.7. The fourth-order valence-corrected chi connectivity index (χ4v) is 4.12. The van der Waals surface area contributed by atoms with Crippen molar-refractivity contribution in [1.82, 2.24) is 5.32 Å². The summed E-state index contributed by atoms with van der Waals surface area (Å²) in [6.07, 6.45) is 20.5. The maximum atomic E-state index is 12.1. The zero-order valence-corrected chi connectivity index (χ0v) is 22.0. The number of amides is 2. The van der Waals surface area contributed by atoms with Gasteiger partial charge in [-0.3, -0.25) is 4.79 Å². The quantitative estimate of drug-likeness (QED) is 0.163. The first kappa shape index (κ1) is 29.2. The Bertz CT molecular complexity index is 939. The number of carbonyl (C=O) groups excluding carboxylic acids is 2. The van der Waals surface area contributed by atoms with Gasteiger partial charge in [0.15, 0.2) is 0 Å². The average Bonchev–Trinajstić information content (AvgIpc) is 2.88. The van der Waals surface area contributed by atoms with Crippen molar-refractivity contribution >= 4 is 12.0 Å². The van der Waals surface area contributed by atoms with Crippen LogP contribution in [0, 0.1) is 0 Å². The normalized spacial score (nSPS) is 11.0. The highest BCUT2D eigenvalue weighted by molar-refractivity contribution is 5.94. The Morgan fingerprint density at radius 3 is 2.03 bits per heavy atom. The summed E-state index contributed by atoms with van der Waals surface area (Å²) in [4.78, 5) is 23.6. The number of rotatable bonds is 18. The van der Waals surface area contributed by atoms with Gasteiger partial charge in [-0.1, -0.05) is 94.7 Å². The Morgan fingerprint density at radius 1 is 0.778 bits per heavy atom. The van der Waals surface area contributed by atoms with Gasteiger partial charge in [0, 0.05) is 12.1 Å². The molecule has 2 aromatic rings. The van der Waals surface area contributed by atoms with Crippen LogP contribution < -0.4 is 15.8 Å². The summed E-state index contributed by atoms with van der Waals surface area (Å²) in [6, 6.07) is 14.3. The molecule has 0 radical (unpaired) electrons. The molecule has 2 aromatic carbocycles. The van der Waals surface area contributed by atoms with Crippen LogP contribution in [0.3, 0.4) is 0 Å². The van der Waals surface area contributed by atoms with E-state index in [1.54, 1.807) is 30.3 Å². The molecule has 2 rings (SSSR count). The lowest BCUT2D eigenvalue weighted by atomic mass is 10.0. The molecule has 196 valence electrons. The van der Waals surface area contributed by atoms with Gasteiger partial charge in [-0.25, -0.2) is 4.79 Å². The van der Waals surface area contributed by atoms with Crippen molar-refractivity contribution in [3.63, 3.8) is 0 Å². The lowest BCUT2D eigenvalue weighted by Gasteiger charge is -2.09. The van der Waals surface area contributed by atoms with Gasteiger partial charge in [0.25, 0.3) is 0 Å². The van der Waals surface area contributed by atoms with Crippen LogP contribution in [0.2, 0.25) is 0 Å². The van der Waals surface area contributed by atoms with Crippen LogP contribution >= 0.6 is 0 Å². The fourth-order valence-electron chi connectivity index (χ4n) is 4.12. The van der Waals surface area contributed by atoms with Gasteiger partial charge in [0.1, 0.15) is 5.75 Å². The number of allylic oxidation sites excluding steroid dienone is 2. The van der Waals surface area contributed by atoms with E-state index in [0.29, 0.717) is 17.9 Å². The summed E-state index contributed by atoms with van der Waals surface area (Å²) in [5.41, 5.74) is 7.50. The Labute approximate surface area is 217 Å². The van der Waals surface area contributed by atoms with Crippen molar-refractivity contribution in [3.8, 4) is 16.9 Å². The van der Waals surface area contributed by atoms with E-state index in [1.165, 1.54) is 70.6 Å². The van der Waals surface area contributed by atoms with E-state index in [9.17, 15) is 9.59 Å². The second-order valence-electron chi connectivity index (χ2n) is 9.37. The van der Waals surface area contributed by atoms with Gasteiger partial charge in [-0.2, -0.15) is 0 Å². The third-order valence-corrected chi connectivity index (χ3v) is 6.23. The van der Waals surface area contributed by atoms with Crippen LogP contribution in [-0.2, 0) is 0 Å². The number of unbranched alkanes of at least 4 members (excludes halogenated alkanes) is 11. The molecule has 0 aromatic heterocycles. The van der Waals surface area contributed by atoms with E-state index in [2.05, 4.69) is 24.4 Å². The van der Waals surface area contributed by atoms with Crippen molar-refractivity contribution in [2.45, 2.75) is 90.4 Å². The summed E-state index contributed by atoms with van der Waals surface area (Å²) in [6.45, 7) is 2.87. The maximum Gasteiger partial charge on any atom is 0.412 e. The molecule has 0 atom stereocenters. The second kappa shape index (κ2) is 18.2. The van der Waals surface area contributed by atoms with Crippen LogP contribution in [0.15, 0.2) is 60.7 Å². The number of hydrogen-bond acceptors (Lipinski definition) is 3. The van der Waals surface area contributed by atoms with Crippen molar-refractivity contribution in [2.75, 3.05) is 6.54 Å². The topological polar surface area (TPSA) is 81.4 Å². The minimum Gasteiger partial charge on any atom is -0.410 e. The second-order valence-corrected chi connectivity index (χ2v) is 9.37. The van der Waals surface area contributed by atoms with Gasteiger partial charge in [0.05, 0.1) is 0 Å². The predicted octanol–water partition coefficient (Wildman–Crippen LogP) is 8.19. The van der Waals surface area contributed by atoms with Crippen LogP contribution in [-0.4, -0.2) is 18.5 Å². The van der Waals surface area contributed by atoms with E-state index in [1.807, 2.05) is 18.2 Å². The molecule has 0 unspecified atom stereocenters. The Hall–Kier alpha value is -3.08. The van der Waals surface area contributed by atoms with E-state index < -0.39 is 12.0 Å². The van der Waals surface area contributed by atoms with Crippen LogP contribution in [0.1, 0.15) is 101 Å². The van der Waals surface area contributed by atoms with E-state index in [-0.39, 0.29) is 0 Å². The molecule has 5 heteroatoms. The molecule has 0 fully saturated rings. The van der Waals surface area contributed by atoms with Gasteiger partial charge < -0.3 is 15.8 Å². The number of primary amides is 1. The summed E-state index contributed by atoms with van der Waals surface area (Å²) < 4.78 is 5.43. The summed E-state index contributed by atoms with van der Waals surface area (Å²) >= 11 is 0. The number of ether oxygens (including phenoxy) is 1. The summed E-state index contributed by atoms with van der Waals surface area (Å²) in [7, 11) is 0. The van der Waals surface area contributed by atoms with Crippen LogP contribution in [0.5, 0.6) is 5.75 Å².